The highest BCUT2D eigenvalue weighted by Crippen LogP contribution is 2.23. The lowest BCUT2D eigenvalue weighted by Gasteiger charge is -2.24. The molecule has 18 heavy (non-hydrogen) atoms. The molecule has 8 nitrogen and oxygen atoms in total. The van der Waals surface area contributed by atoms with Crippen LogP contribution in [0.3, 0.4) is 0 Å². The predicted octanol–water partition coefficient (Wildman–Crippen LogP) is 0.0401. The van der Waals surface area contributed by atoms with Crippen LogP contribution in [-0.2, 0) is 28.8 Å². The number of esters is 1. The monoisotopic (exact) mass is 281 g/mol. The Morgan fingerprint density at radius 1 is 1.33 bits per heavy atom. The molecule has 0 aliphatic carbocycles. The van der Waals surface area contributed by atoms with Gasteiger partial charge in [-0.3, -0.25) is 4.18 Å². The van der Waals surface area contributed by atoms with Crippen LogP contribution in [0.15, 0.2) is 0 Å². The molecule has 0 N–H and O–H groups in total. The molecule has 0 spiro atoms. The number of ether oxygens (including phenoxy) is 2. The number of rotatable bonds is 1. The highest BCUT2D eigenvalue weighted by molar-refractivity contribution is 7.85. The molecule has 0 aromatic carbocycles. The number of carbonyl (C=O) groups excluding carboxylic acids is 2. The van der Waals surface area contributed by atoms with Crippen molar-refractivity contribution in [2.45, 2.75) is 32.4 Å². The van der Waals surface area contributed by atoms with Crippen LogP contribution in [0, 0.1) is 0 Å². The molecular formula is C9H15NO7S. The molecule has 0 bridgehead atoms. The topological polar surface area (TPSA) is 99.2 Å². The molecule has 104 valence electrons. The van der Waals surface area contributed by atoms with Crippen LogP contribution in [0.2, 0.25) is 0 Å². The van der Waals surface area contributed by atoms with E-state index >= 15 is 0 Å². The van der Waals surface area contributed by atoms with Crippen LogP contribution < -0.4 is 0 Å². The molecule has 0 aromatic heterocycles. The van der Waals surface area contributed by atoms with E-state index in [0.29, 0.717) is 0 Å². The van der Waals surface area contributed by atoms with Gasteiger partial charge in [0.1, 0.15) is 12.2 Å². The van der Waals surface area contributed by atoms with Crippen LogP contribution in [0.1, 0.15) is 20.8 Å². The Kier molecular flexibility index (Phi) is 3.86. The molecule has 1 heterocycles. The molecular weight excluding hydrogens is 266 g/mol. The van der Waals surface area contributed by atoms with Crippen LogP contribution in [0.5, 0.6) is 0 Å². The lowest BCUT2D eigenvalue weighted by atomic mass is 10.2. The summed E-state index contributed by atoms with van der Waals surface area (Å²) in [6.45, 7) is 4.24. The van der Waals surface area contributed by atoms with E-state index in [1.165, 1.54) is 0 Å². The Morgan fingerprint density at radius 3 is 2.33 bits per heavy atom. The van der Waals surface area contributed by atoms with Crippen molar-refractivity contribution >= 4 is 22.4 Å². The van der Waals surface area contributed by atoms with Crippen molar-refractivity contribution < 1.29 is 31.7 Å². The maximum Gasteiger partial charge on any atom is 0.426 e. The normalized spacial score (nSPS) is 22.7. The van der Waals surface area contributed by atoms with Gasteiger partial charge in [0.05, 0.1) is 7.11 Å². The number of hydrogen-bond donors (Lipinski definition) is 0. The van der Waals surface area contributed by atoms with Crippen molar-refractivity contribution in [1.29, 1.82) is 0 Å². The van der Waals surface area contributed by atoms with Gasteiger partial charge in [-0.25, -0.2) is 9.59 Å². The van der Waals surface area contributed by atoms with E-state index in [1.54, 1.807) is 20.8 Å². The lowest BCUT2D eigenvalue weighted by Crippen LogP contribution is -2.46. The fraction of sp³-hybridized carbons (Fsp3) is 0.778. The molecule has 1 aliphatic rings. The van der Waals surface area contributed by atoms with Crippen molar-refractivity contribution in [3.8, 4) is 0 Å². The average molecular weight is 281 g/mol. The Bertz CT molecular complexity index is 450. The summed E-state index contributed by atoms with van der Waals surface area (Å²) in [6, 6.07) is -1.35. The standard InChI is InChI=1S/C9H15NO7S/c1-9(2,3)17-8(12)10-6(7(11)15-4)5-16-18(10,13)14/h6H,5H2,1-4H3/t6-/m0/s1. The third-order valence-electron chi connectivity index (χ3n) is 1.95. The van der Waals surface area contributed by atoms with E-state index in [9.17, 15) is 18.0 Å². The number of carbonyl (C=O) groups is 2. The van der Waals surface area contributed by atoms with Gasteiger partial charge < -0.3 is 9.47 Å². The summed E-state index contributed by atoms with van der Waals surface area (Å²) in [6.07, 6.45) is -1.17. The second-order valence-electron chi connectivity index (χ2n) is 4.56. The van der Waals surface area contributed by atoms with E-state index in [0.717, 1.165) is 7.11 Å². The number of methoxy groups -OCH3 is 1. The van der Waals surface area contributed by atoms with E-state index in [2.05, 4.69) is 8.92 Å². The van der Waals surface area contributed by atoms with E-state index < -0.39 is 40.6 Å². The Hall–Kier alpha value is -1.35. The maximum absolute atomic E-state index is 11.7. The summed E-state index contributed by atoms with van der Waals surface area (Å²) in [5, 5.41) is 0. The zero-order chi connectivity index (χ0) is 14.1. The highest BCUT2D eigenvalue weighted by Gasteiger charge is 2.48. The van der Waals surface area contributed by atoms with Crippen molar-refractivity contribution in [2.24, 2.45) is 0 Å². The molecule has 0 radical (unpaired) electrons. The maximum atomic E-state index is 11.7. The molecule has 9 heteroatoms. The van der Waals surface area contributed by atoms with Gasteiger partial charge in [-0.2, -0.15) is 12.7 Å². The molecule has 0 unspecified atom stereocenters. The molecule has 1 saturated heterocycles. The van der Waals surface area contributed by atoms with Gasteiger partial charge >= 0.3 is 22.4 Å². The number of hydrogen-bond acceptors (Lipinski definition) is 7. The second kappa shape index (κ2) is 4.73. The third kappa shape index (κ3) is 3.10. The van der Waals surface area contributed by atoms with E-state index in [4.69, 9.17) is 4.74 Å². The largest absolute Gasteiger partial charge is 0.467 e. The first-order chi connectivity index (χ1) is 8.08. The summed E-state index contributed by atoms with van der Waals surface area (Å²) in [5.41, 5.74) is -0.893. The summed E-state index contributed by atoms with van der Waals surface area (Å²) >= 11 is 0. The Morgan fingerprint density at radius 2 is 1.89 bits per heavy atom. The van der Waals surface area contributed by atoms with Gasteiger partial charge in [0.25, 0.3) is 0 Å². The SMILES string of the molecule is COC(=O)[C@@H]1COS(=O)(=O)N1C(=O)OC(C)(C)C. The summed E-state index contributed by atoms with van der Waals surface area (Å²) in [4.78, 5) is 23.1. The lowest BCUT2D eigenvalue weighted by molar-refractivity contribution is -0.144. The molecule has 1 rings (SSSR count). The van der Waals surface area contributed by atoms with E-state index in [1.807, 2.05) is 0 Å². The Balaban J connectivity index is 3.00. The Labute approximate surface area is 105 Å². The first-order valence-corrected chi connectivity index (χ1v) is 6.44. The second-order valence-corrected chi connectivity index (χ2v) is 6.04. The van der Waals surface area contributed by atoms with Crippen molar-refractivity contribution in [3.63, 3.8) is 0 Å². The van der Waals surface area contributed by atoms with Gasteiger partial charge in [-0.15, -0.1) is 0 Å². The van der Waals surface area contributed by atoms with Gasteiger partial charge in [0.15, 0.2) is 6.04 Å². The zero-order valence-electron chi connectivity index (χ0n) is 10.5. The van der Waals surface area contributed by atoms with Gasteiger partial charge in [-0.05, 0) is 20.8 Å². The van der Waals surface area contributed by atoms with Gasteiger partial charge in [-0.1, -0.05) is 0 Å². The van der Waals surface area contributed by atoms with Crippen LogP contribution >= 0.6 is 0 Å². The van der Waals surface area contributed by atoms with Crippen LogP contribution in [0.25, 0.3) is 0 Å². The van der Waals surface area contributed by atoms with E-state index in [-0.39, 0.29) is 4.31 Å². The van der Waals surface area contributed by atoms with Crippen molar-refractivity contribution in [2.75, 3.05) is 13.7 Å². The third-order valence-corrected chi connectivity index (χ3v) is 3.26. The minimum atomic E-state index is -4.31. The fourth-order valence-corrected chi connectivity index (χ4v) is 2.35. The van der Waals surface area contributed by atoms with Gasteiger partial charge in [0.2, 0.25) is 0 Å². The minimum Gasteiger partial charge on any atom is -0.467 e. The first-order valence-electron chi connectivity index (χ1n) is 5.08. The molecule has 1 amide bonds. The zero-order valence-corrected chi connectivity index (χ0v) is 11.3. The molecule has 1 fully saturated rings. The van der Waals surface area contributed by atoms with Crippen molar-refractivity contribution in [3.05, 3.63) is 0 Å². The highest BCUT2D eigenvalue weighted by atomic mass is 32.2. The van der Waals surface area contributed by atoms with Crippen LogP contribution in [-0.4, -0.2) is 50.1 Å². The number of amides is 1. The molecule has 0 saturated carbocycles. The molecule has 1 atom stereocenters. The van der Waals surface area contributed by atoms with Gasteiger partial charge in [0, 0.05) is 0 Å². The quantitative estimate of drug-likeness (QED) is 0.625. The average Bonchev–Trinajstić information content (AvgIpc) is 2.50. The van der Waals surface area contributed by atoms with Crippen molar-refractivity contribution in [1.82, 2.24) is 4.31 Å². The minimum absolute atomic E-state index is 0.254. The number of nitrogens with zero attached hydrogens (tertiary/aromatic N) is 1. The summed E-state index contributed by atoms with van der Waals surface area (Å²) < 4.78 is 37.0. The smallest absolute Gasteiger partial charge is 0.426 e. The summed E-state index contributed by atoms with van der Waals surface area (Å²) in [7, 11) is -3.22. The molecule has 0 aromatic rings. The molecule has 1 aliphatic heterocycles. The predicted molar refractivity (Wildman–Crippen MR) is 58.7 cm³/mol. The first kappa shape index (κ1) is 14.7. The summed E-state index contributed by atoms with van der Waals surface area (Å²) in [5.74, 6) is -0.887. The fourth-order valence-electron chi connectivity index (χ4n) is 1.26. The van der Waals surface area contributed by atoms with Crippen LogP contribution in [0.4, 0.5) is 4.79 Å².